The number of hydrogen-bond acceptors (Lipinski definition) is 7. The van der Waals surface area contributed by atoms with E-state index < -0.39 is 20.9 Å². The molecule has 2 N–H and O–H groups in total. The number of nitro benzene ring substituents is 1. The van der Waals surface area contributed by atoms with Crippen molar-refractivity contribution >= 4 is 38.7 Å². The summed E-state index contributed by atoms with van der Waals surface area (Å²) in [5.74, 6) is -0.255. The van der Waals surface area contributed by atoms with Crippen molar-refractivity contribution in [2.24, 2.45) is 0 Å². The molecule has 34 heavy (non-hydrogen) atoms. The van der Waals surface area contributed by atoms with E-state index in [2.05, 4.69) is 10.0 Å². The van der Waals surface area contributed by atoms with Gasteiger partial charge in [0, 0.05) is 31.4 Å². The lowest BCUT2D eigenvalue weighted by Crippen LogP contribution is -2.17. The highest BCUT2D eigenvalue weighted by molar-refractivity contribution is 7.92. The van der Waals surface area contributed by atoms with Crippen LogP contribution in [0.4, 0.5) is 22.7 Å². The third-order valence-corrected chi connectivity index (χ3v) is 6.51. The molecule has 3 aromatic carbocycles. The number of anilines is 3. The Balaban J connectivity index is 1.90. The van der Waals surface area contributed by atoms with Crippen molar-refractivity contribution in [3.63, 3.8) is 0 Å². The molecule has 0 saturated carbocycles. The van der Waals surface area contributed by atoms with Crippen molar-refractivity contribution in [3.05, 3.63) is 81.9 Å². The maximum absolute atomic E-state index is 13.1. The van der Waals surface area contributed by atoms with E-state index in [0.29, 0.717) is 17.0 Å². The highest BCUT2D eigenvalue weighted by atomic mass is 32.2. The first-order valence-electron chi connectivity index (χ1n) is 10.1. The van der Waals surface area contributed by atoms with Gasteiger partial charge in [-0.1, -0.05) is 18.2 Å². The van der Waals surface area contributed by atoms with Crippen molar-refractivity contribution in [2.45, 2.75) is 11.8 Å². The first kappa shape index (κ1) is 24.5. The quantitative estimate of drug-likeness (QED) is 0.364. The fourth-order valence-corrected chi connectivity index (χ4v) is 4.63. The van der Waals surface area contributed by atoms with E-state index in [1.807, 2.05) is 0 Å². The second kappa shape index (κ2) is 9.79. The number of nitrogens with one attached hydrogen (secondary N) is 2. The zero-order chi connectivity index (χ0) is 25.0. The predicted molar refractivity (Wildman–Crippen MR) is 130 cm³/mol. The van der Waals surface area contributed by atoms with E-state index in [4.69, 9.17) is 4.74 Å². The van der Waals surface area contributed by atoms with Crippen LogP contribution in [-0.2, 0) is 10.0 Å². The first-order chi connectivity index (χ1) is 16.0. The van der Waals surface area contributed by atoms with Crippen LogP contribution in [0.1, 0.15) is 15.9 Å². The van der Waals surface area contributed by atoms with Gasteiger partial charge in [-0.3, -0.25) is 19.6 Å². The van der Waals surface area contributed by atoms with Gasteiger partial charge < -0.3 is 15.0 Å². The van der Waals surface area contributed by atoms with Gasteiger partial charge >= 0.3 is 0 Å². The molecule has 178 valence electrons. The van der Waals surface area contributed by atoms with Gasteiger partial charge in [0.15, 0.2) is 0 Å². The summed E-state index contributed by atoms with van der Waals surface area (Å²) in [6, 6.07) is 15.2. The summed E-state index contributed by atoms with van der Waals surface area (Å²) < 4.78 is 33.8. The van der Waals surface area contributed by atoms with E-state index >= 15 is 0 Å². The van der Waals surface area contributed by atoms with Crippen LogP contribution in [0.2, 0.25) is 0 Å². The molecule has 0 bridgehead atoms. The second-order valence-corrected chi connectivity index (χ2v) is 9.25. The molecule has 3 rings (SSSR count). The zero-order valence-electron chi connectivity index (χ0n) is 19.0. The van der Waals surface area contributed by atoms with Gasteiger partial charge in [-0.15, -0.1) is 0 Å². The smallest absolute Gasteiger partial charge is 0.293 e. The zero-order valence-corrected chi connectivity index (χ0v) is 19.8. The number of hydrogen-bond donors (Lipinski definition) is 2. The van der Waals surface area contributed by atoms with Crippen molar-refractivity contribution in [2.75, 3.05) is 36.1 Å². The standard InChI is InChI=1S/C23H24N4O6S/c1-15-9-11-17(14-22(15)34(31,32)25-18-7-5-6-8-21(18)33-4)24-23(28)16-10-12-19(26(2)3)20(13-16)27(29)30/h5-14,25H,1-4H3,(H,24,28). The number of sulfonamides is 1. The fourth-order valence-electron chi connectivity index (χ4n) is 3.29. The van der Waals surface area contributed by atoms with Crippen LogP contribution in [0.5, 0.6) is 5.75 Å². The van der Waals surface area contributed by atoms with Crippen molar-refractivity contribution in [1.82, 2.24) is 0 Å². The fraction of sp³-hybridized carbons (Fsp3) is 0.174. The molecule has 0 unspecified atom stereocenters. The van der Waals surface area contributed by atoms with Gasteiger partial charge in [-0.25, -0.2) is 8.42 Å². The molecule has 0 fully saturated rings. The Morgan fingerprint density at radius 1 is 1.06 bits per heavy atom. The third kappa shape index (κ3) is 5.26. The predicted octanol–water partition coefficient (Wildman–Crippen LogP) is 4.03. The minimum atomic E-state index is -4.01. The number of carbonyl (C=O) groups excluding carboxylic acids is 1. The Labute approximate surface area is 197 Å². The number of rotatable bonds is 8. The molecule has 0 aliphatic carbocycles. The molecule has 11 heteroatoms. The molecule has 10 nitrogen and oxygen atoms in total. The Morgan fingerprint density at radius 3 is 2.41 bits per heavy atom. The lowest BCUT2D eigenvalue weighted by atomic mass is 10.1. The molecule has 3 aromatic rings. The molecule has 1 amide bonds. The number of aryl methyl sites for hydroxylation is 1. The summed E-state index contributed by atoms with van der Waals surface area (Å²) >= 11 is 0. The van der Waals surface area contributed by atoms with E-state index in [9.17, 15) is 23.3 Å². The summed E-state index contributed by atoms with van der Waals surface area (Å²) in [5.41, 5.74) is 1.15. The first-order valence-corrected chi connectivity index (χ1v) is 11.6. The Bertz CT molecular complexity index is 1360. The molecule has 0 heterocycles. The van der Waals surface area contributed by atoms with Crippen molar-refractivity contribution < 1.29 is 22.9 Å². The molecule has 0 radical (unpaired) electrons. The topological polar surface area (TPSA) is 131 Å². The van der Waals surface area contributed by atoms with Crippen LogP contribution < -0.4 is 19.7 Å². The van der Waals surface area contributed by atoms with Gasteiger partial charge in [-0.05, 0) is 48.9 Å². The number of methoxy groups -OCH3 is 1. The molecule has 0 saturated heterocycles. The molecule has 0 aromatic heterocycles. The molecule has 0 spiro atoms. The van der Waals surface area contributed by atoms with Crippen LogP contribution in [0.25, 0.3) is 0 Å². The molecular formula is C23H24N4O6S. The summed E-state index contributed by atoms with van der Waals surface area (Å²) in [6.45, 7) is 1.63. The SMILES string of the molecule is COc1ccccc1NS(=O)(=O)c1cc(NC(=O)c2ccc(N(C)C)c([N+](=O)[O-])c2)ccc1C. The van der Waals surface area contributed by atoms with Gasteiger partial charge in [0.2, 0.25) is 0 Å². The van der Waals surface area contributed by atoms with Gasteiger partial charge in [0.1, 0.15) is 11.4 Å². The van der Waals surface area contributed by atoms with Crippen LogP contribution >= 0.6 is 0 Å². The molecular weight excluding hydrogens is 460 g/mol. The minimum Gasteiger partial charge on any atom is -0.495 e. The average Bonchev–Trinajstić information content (AvgIpc) is 2.79. The largest absolute Gasteiger partial charge is 0.495 e. The summed E-state index contributed by atoms with van der Waals surface area (Å²) in [7, 11) is 0.750. The summed E-state index contributed by atoms with van der Waals surface area (Å²) in [5, 5.41) is 14.0. The molecule has 0 aliphatic heterocycles. The van der Waals surface area contributed by atoms with E-state index in [0.717, 1.165) is 0 Å². The third-order valence-electron chi connectivity index (χ3n) is 5.00. The van der Waals surface area contributed by atoms with Gasteiger partial charge in [0.25, 0.3) is 21.6 Å². The second-order valence-electron chi connectivity index (χ2n) is 7.60. The number of benzene rings is 3. The lowest BCUT2D eigenvalue weighted by molar-refractivity contribution is -0.384. The lowest BCUT2D eigenvalue weighted by Gasteiger charge is -2.15. The normalized spacial score (nSPS) is 10.9. The van der Waals surface area contributed by atoms with E-state index in [1.165, 1.54) is 31.4 Å². The summed E-state index contributed by atoms with van der Waals surface area (Å²) in [6.07, 6.45) is 0. The number of nitro groups is 1. The van der Waals surface area contributed by atoms with E-state index in [1.54, 1.807) is 62.3 Å². The van der Waals surface area contributed by atoms with Crippen molar-refractivity contribution in [3.8, 4) is 5.75 Å². The van der Waals surface area contributed by atoms with E-state index in [-0.39, 0.29) is 27.5 Å². The van der Waals surface area contributed by atoms with Crippen LogP contribution in [0.15, 0.2) is 65.6 Å². The van der Waals surface area contributed by atoms with Crippen LogP contribution in [-0.4, -0.2) is 40.5 Å². The number of nitrogens with zero attached hydrogens (tertiary/aromatic N) is 2. The Hall–Kier alpha value is -4.12. The maximum atomic E-state index is 13.1. The van der Waals surface area contributed by atoms with Crippen LogP contribution in [0, 0.1) is 17.0 Å². The van der Waals surface area contributed by atoms with Gasteiger partial charge in [-0.2, -0.15) is 0 Å². The highest BCUT2D eigenvalue weighted by Crippen LogP contribution is 2.30. The molecule has 0 aliphatic rings. The minimum absolute atomic E-state index is 0.0369. The highest BCUT2D eigenvalue weighted by Gasteiger charge is 2.22. The van der Waals surface area contributed by atoms with Crippen molar-refractivity contribution in [1.29, 1.82) is 0 Å². The molecule has 0 atom stereocenters. The van der Waals surface area contributed by atoms with Gasteiger partial charge in [0.05, 0.1) is 22.6 Å². The number of ether oxygens (including phenoxy) is 1. The number of carbonyl (C=O) groups is 1. The Kier molecular flexibility index (Phi) is 7.06. The summed E-state index contributed by atoms with van der Waals surface area (Å²) in [4.78, 5) is 25.1. The monoisotopic (exact) mass is 484 g/mol. The average molecular weight is 485 g/mol. The Morgan fingerprint density at radius 2 is 1.76 bits per heavy atom. The van der Waals surface area contributed by atoms with Crippen LogP contribution in [0.3, 0.4) is 0 Å². The number of amides is 1. The maximum Gasteiger partial charge on any atom is 0.293 e. The number of para-hydroxylation sites is 2.